The van der Waals surface area contributed by atoms with Gasteiger partial charge in [-0.15, -0.1) is 0 Å². The molecule has 5 nitrogen and oxygen atoms in total. The number of carbonyl (C=O) groups excluding carboxylic acids is 2. The van der Waals surface area contributed by atoms with E-state index in [-0.39, 0.29) is 11.5 Å². The molecule has 0 fully saturated rings. The molecule has 1 aliphatic heterocycles. The molecule has 3 aromatic rings. The molecule has 0 amide bonds. The maximum absolute atomic E-state index is 12.7. The molecule has 3 aromatic carbocycles. The Labute approximate surface area is 174 Å². The number of rotatable bonds is 5. The lowest BCUT2D eigenvalue weighted by Gasteiger charge is -2.12. The fraction of sp³-hybridized carbons (Fsp3) is 0.120. The zero-order valence-electron chi connectivity index (χ0n) is 16.6. The number of allylic oxidation sites excluding steroid dienone is 1. The van der Waals surface area contributed by atoms with Gasteiger partial charge in [0, 0.05) is 6.07 Å². The van der Waals surface area contributed by atoms with Crippen molar-refractivity contribution < 1.29 is 23.8 Å². The second-order valence-electron chi connectivity index (χ2n) is 6.87. The fourth-order valence-electron chi connectivity index (χ4n) is 3.21. The Morgan fingerprint density at radius 2 is 1.67 bits per heavy atom. The van der Waals surface area contributed by atoms with E-state index in [0.717, 1.165) is 16.7 Å². The number of hydrogen-bond acceptors (Lipinski definition) is 5. The lowest BCUT2D eigenvalue weighted by Crippen LogP contribution is -2.24. The van der Waals surface area contributed by atoms with Crippen LogP contribution in [0.25, 0.3) is 17.2 Å². The molecule has 0 aromatic heterocycles. The van der Waals surface area contributed by atoms with Crippen LogP contribution in [0.2, 0.25) is 0 Å². The smallest absolute Gasteiger partial charge is 0.346 e. The van der Waals surface area contributed by atoms with Crippen molar-refractivity contribution in [3.63, 3.8) is 0 Å². The van der Waals surface area contributed by atoms with Gasteiger partial charge >= 0.3 is 5.97 Å². The monoisotopic (exact) mass is 400 g/mol. The Bertz CT molecular complexity index is 1110. The minimum absolute atomic E-state index is 0.190. The van der Waals surface area contributed by atoms with Gasteiger partial charge in [-0.05, 0) is 41.8 Å². The Morgan fingerprint density at radius 1 is 0.967 bits per heavy atom. The zero-order valence-corrected chi connectivity index (χ0v) is 16.6. The van der Waals surface area contributed by atoms with E-state index in [0.29, 0.717) is 17.1 Å². The van der Waals surface area contributed by atoms with E-state index in [1.54, 1.807) is 31.2 Å². The number of methoxy groups -OCH3 is 1. The minimum atomic E-state index is -0.761. The number of carbonyl (C=O) groups is 2. The van der Waals surface area contributed by atoms with Gasteiger partial charge < -0.3 is 14.2 Å². The van der Waals surface area contributed by atoms with Gasteiger partial charge in [0.1, 0.15) is 11.5 Å². The zero-order chi connectivity index (χ0) is 21.1. The molecular weight excluding hydrogens is 380 g/mol. The predicted molar refractivity (Wildman–Crippen MR) is 113 cm³/mol. The summed E-state index contributed by atoms with van der Waals surface area (Å²) in [6.45, 7) is 1.59. The summed E-state index contributed by atoms with van der Waals surface area (Å²) in [5.41, 5.74) is 3.55. The van der Waals surface area contributed by atoms with Crippen LogP contribution in [0.1, 0.15) is 22.8 Å². The predicted octanol–water partition coefficient (Wildman–Crippen LogP) is 4.91. The van der Waals surface area contributed by atoms with Gasteiger partial charge in [0.2, 0.25) is 5.78 Å². The number of benzene rings is 3. The maximum atomic E-state index is 12.7. The Kier molecular flexibility index (Phi) is 5.35. The van der Waals surface area contributed by atoms with Crippen molar-refractivity contribution in [1.29, 1.82) is 0 Å². The summed E-state index contributed by atoms with van der Waals surface area (Å²) in [6.07, 6.45) is 0.956. The normalized spacial score (nSPS) is 14.7. The van der Waals surface area contributed by atoms with Gasteiger partial charge in [0.15, 0.2) is 11.9 Å². The molecule has 0 unspecified atom stereocenters. The first-order valence-corrected chi connectivity index (χ1v) is 9.53. The van der Waals surface area contributed by atoms with E-state index in [1.807, 2.05) is 42.5 Å². The van der Waals surface area contributed by atoms with Crippen LogP contribution in [-0.4, -0.2) is 25.0 Å². The van der Waals surface area contributed by atoms with Crippen LogP contribution in [0.15, 0.2) is 78.6 Å². The van der Waals surface area contributed by atoms with Crippen molar-refractivity contribution in [3.8, 4) is 22.6 Å². The van der Waals surface area contributed by atoms with Gasteiger partial charge in [-0.25, -0.2) is 4.79 Å². The third-order valence-corrected chi connectivity index (χ3v) is 4.80. The number of esters is 1. The molecule has 1 aliphatic rings. The van der Waals surface area contributed by atoms with E-state index < -0.39 is 12.1 Å². The first-order chi connectivity index (χ1) is 14.5. The van der Waals surface area contributed by atoms with Gasteiger partial charge in [-0.1, -0.05) is 54.6 Å². The summed E-state index contributed by atoms with van der Waals surface area (Å²) < 4.78 is 16.0. The molecule has 0 N–H and O–H groups in total. The average molecular weight is 400 g/mol. The Balaban J connectivity index is 1.52. The number of ether oxygens (including phenoxy) is 3. The molecule has 4 rings (SSSR count). The van der Waals surface area contributed by atoms with Gasteiger partial charge in [-0.2, -0.15) is 0 Å². The lowest BCUT2D eigenvalue weighted by atomic mass is 10.0. The van der Waals surface area contributed by atoms with Crippen molar-refractivity contribution in [3.05, 3.63) is 89.7 Å². The molecular formula is C25H20O5. The van der Waals surface area contributed by atoms with E-state index >= 15 is 0 Å². The van der Waals surface area contributed by atoms with E-state index in [9.17, 15) is 9.59 Å². The molecule has 1 atom stereocenters. The quantitative estimate of drug-likeness (QED) is 0.450. The molecule has 30 heavy (non-hydrogen) atoms. The summed E-state index contributed by atoms with van der Waals surface area (Å²) in [5, 5.41) is 0. The van der Waals surface area contributed by atoms with Crippen molar-refractivity contribution in [2.45, 2.75) is 13.0 Å². The van der Waals surface area contributed by atoms with Crippen LogP contribution in [0.5, 0.6) is 11.5 Å². The minimum Gasteiger partial charge on any atom is -0.479 e. The number of fused-ring (bicyclic) bond motifs is 1. The topological polar surface area (TPSA) is 61.8 Å². The molecule has 0 bridgehead atoms. The number of ketones is 1. The van der Waals surface area contributed by atoms with Crippen LogP contribution < -0.4 is 9.47 Å². The fourth-order valence-corrected chi connectivity index (χ4v) is 3.21. The third kappa shape index (κ3) is 3.96. The van der Waals surface area contributed by atoms with Crippen LogP contribution in [0.3, 0.4) is 0 Å². The molecule has 5 heteroatoms. The van der Waals surface area contributed by atoms with Gasteiger partial charge in [-0.3, -0.25) is 4.79 Å². The Hall–Kier alpha value is -3.86. The number of Topliss-reactive ketones (excluding diaryl/α,β-unsaturated/α-hetero) is 1. The van der Waals surface area contributed by atoms with E-state index in [4.69, 9.17) is 9.47 Å². The average Bonchev–Trinajstić information content (AvgIpc) is 3.08. The first-order valence-electron chi connectivity index (χ1n) is 9.53. The summed E-state index contributed by atoms with van der Waals surface area (Å²) in [6, 6.07) is 22.9. The van der Waals surface area contributed by atoms with Crippen LogP contribution in [0.4, 0.5) is 0 Å². The highest BCUT2D eigenvalue weighted by Gasteiger charge is 2.28. The second-order valence-corrected chi connectivity index (χ2v) is 6.87. The molecule has 0 spiro atoms. The summed E-state index contributed by atoms with van der Waals surface area (Å²) in [4.78, 5) is 24.2. The van der Waals surface area contributed by atoms with E-state index in [1.165, 1.54) is 7.11 Å². The van der Waals surface area contributed by atoms with Crippen molar-refractivity contribution >= 4 is 17.8 Å². The van der Waals surface area contributed by atoms with E-state index in [2.05, 4.69) is 16.9 Å². The summed E-state index contributed by atoms with van der Waals surface area (Å²) in [5.74, 6) is 0.405. The summed E-state index contributed by atoms with van der Waals surface area (Å²) in [7, 11) is 1.30. The molecule has 0 saturated heterocycles. The van der Waals surface area contributed by atoms with Crippen molar-refractivity contribution in [2.24, 2.45) is 0 Å². The van der Waals surface area contributed by atoms with Crippen molar-refractivity contribution in [1.82, 2.24) is 0 Å². The summed E-state index contributed by atoms with van der Waals surface area (Å²) >= 11 is 0. The second kappa shape index (κ2) is 8.25. The van der Waals surface area contributed by atoms with Gasteiger partial charge in [0.05, 0.1) is 12.7 Å². The first kappa shape index (κ1) is 19.5. The van der Waals surface area contributed by atoms with Crippen LogP contribution in [-0.2, 0) is 9.53 Å². The standard InChI is InChI=1S/C25H20O5/c1-16(25(27)28-2)29-20-12-13-21-22(15-20)30-23(24(21)26)14-17-8-10-19(11-9-17)18-6-4-3-5-7-18/h3-16H,1-2H3/t16-/m1/s1. The SMILES string of the molecule is COC(=O)[C@@H](C)Oc1ccc2c(c1)OC(=Cc1ccc(-c3ccccc3)cc1)C2=O. The highest BCUT2D eigenvalue weighted by Crippen LogP contribution is 2.35. The number of hydrogen-bond donors (Lipinski definition) is 0. The molecule has 0 radical (unpaired) electrons. The molecule has 1 heterocycles. The maximum Gasteiger partial charge on any atom is 0.346 e. The largest absolute Gasteiger partial charge is 0.479 e. The highest BCUT2D eigenvalue weighted by atomic mass is 16.6. The van der Waals surface area contributed by atoms with Gasteiger partial charge in [0.25, 0.3) is 0 Å². The van der Waals surface area contributed by atoms with Crippen LogP contribution in [0, 0.1) is 0 Å². The van der Waals surface area contributed by atoms with Crippen molar-refractivity contribution in [2.75, 3.05) is 7.11 Å². The molecule has 0 aliphatic carbocycles. The van der Waals surface area contributed by atoms with Crippen LogP contribution >= 0.6 is 0 Å². The Morgan fingerprint density at radius 3 is 2.37 bits per heavy atom. The molecule has 150 valence electrons. The molecule has 0 saturated carbocycles. The highest BCUT2D eigenvalue weighted by molar-refractivity contribution is 6.14. The third-order valence-electron chi connectivity index (χ3n) is 4.80. The lowest BCUT2D eigenvalue weighted by molar-refractivity contribution is -0.147.